The predicted octanol–water partition coefficient (Wildman–Crippen LogP) is 3.53. The van der Waals surface area contributed by atoms with Crippen molar-refractivity contribution in [3.05, 3.63) is 41.9 Å². The number of carbonyl (C=O) groups is 1. The number of nitrogens with zero attached hydrogens (tertiary/aromatic N) is 4. The number of likely N-dealkylation sites (tertiary alicyclic amines) is 1. The fraction of sp³-hybridized carbons (Fsp3) is 0.526. The molecule has 0 aliphatic carbocycles. The molecule has 1 aliphatic rings. The molecule has 6 nitrogen and oxygen atoms in total. The Bertz CT molecular complexity index is 712. The third kappa shape index (κ3) is 4.59. The van der Waals surface area contributed by atoms with E-state index in [1.165, 1.54) is 6.42 Å². The Hall–Kier alpha value is -2.37. The molecule has 0 unspecified atom stereocenters. The van der Waals surface area contributed by atoms with E-state index in [1.54, 1.807) is 10.9 Å². The van der Waals surface area contributed by atoms with Gasteiger partial charge in [-0.1, -0.05) is 19.9 Å². The van der Waals surface area contributed by atoms with Crippen molar-refractivity contribution in [3.63, 3.8) is 0 Å². The highest BCUT2D eigenvalue weighted by molar-refractivity contribution is 5.88. The molecular formula is C19H27N5O. The highest BCUT2D eigenvalue weighted by atomic mass is 16.2. The van der Waals surface area contributed by atoms with Gasteiger partial charge in [-0.25, -0.2) is 9.48 Å². The van der Waals surface area contributed by atoms with Gasteiger partial charge in [0.2, 0.25) is 0 Å². The highest BCUT2D eigenvalue weighted by Crippen LogP contribution is 2.22. The van der Waals surface area contributed by atoms with Crippen LogP contribution in [0.15, 0.2) is 30.5 Å². The lowest BCUT2D eigenvalue weighted by Gasteiger charge is -2.23. The molecule has 0 bridgehead atoms. The third-order valence-corrected chi connectivity index (χ3v) is 4.69. The molecule has 3 rings (SSSR count). The summed E-state index contributed by atoms with van der Waals surface area (Å²) in [5.74, 6) is 1.92. The number of anilines is 1. The fourth-order valence-electron chi connectivity index (χ4n) is 3.51. The van der Waals surface area contributed by atoms with Crippen LogP contribution in [-0.2, 0) is 6.54 Å². The minimum atomic E-state index is -0.0388. The monoisotopic (exact) mass is 341 g/mol. The normalized spacial score (nSPS) is 21.0. The van der Waals surface area contributed by atoms with Crippen molar-refractivity contribution in [3.8, 4) is 0 Å². The summed E-state index contributed by atoms with van der Waals surface area (Å²) in [4.78, 5) is 19.0. The van der Waals surface area contributed by atoms with Crippen molar-refractivity contribution >= 4 is 11.8 Å². The predicted molar refractivity (Wildman–Crippen MR) is 98.5 cm³/mol. The second kappa shape index (κ2) is 7.68. The quantitative estimate of drug-likeness (QED) is 0.929. The van der Waals surface area contributed by atoms with Crippen LogP contribution in [0.3, 0.4) is 0 Å². The van der Waals surface area contributed by atoms with Gasteiger partial charge < -0.3 is 4.90 Å². The van der Waals surface area contributed by atoms with Crippen LogP contribution in [0.5, 0.6) is 0 Å². The molecule has 1 fully saturated rings. The van der Waals surface area contributed by atoms with Crippen molar-refractivity contribution in [2.45, 2.75) is 40.2 Å². The van der Waals surface area contributed by atoms with E-state index in [0.29, 0.717) is 18.4 Å². The number of pyridine rings is 1. The molecule has 1 saturated heterocycles. The number of aryl methyl sites for hydroxylation is 1. The average Bonchev–Trinajstić information content (AvgIpc) is 2.80. The molecule has 1 N–H and O–H groups in total. The zero-order chi connectivity index (χ0) is 17.8. The van der Waals surface area contributed by atoms with Gasteiger partial charge in [0.1, 0.15) is 5.82 Å². The number of rotatable bonds is 3. The van der Waals surface area contributed by atoms with Crippen molar-refractivity contribution < 1.29 is 4.79 Å². The Labute approximate surface area is 149 Å². The van der Waals surface area contributed by atoms with Crippen LogP contribution >= 0.6 is 0 Å². The molecule has 2 aromatic rings. The average molecular weight is 341 g/mol. The lowest BCUT2D eigenvalue weighted by Crippen LogP contribution is -2.38. The van der Waals surface area contributed by atoms with E-state index in [0.717, 1.165) is 36.7 Å². The molecule has 0 spiro atoms. The summed E-state index contributed by atoms with van der Waals surface area (Å²) in [5.41, 5.74) is 1.79. The standard InChI is InChI=1S/C19H27N5O/c1-14-7-9-23(12-15(2)10-14)19(25)21-18-11-16(3)22-24(18)13-17-6-4-5-8-20-17/h4-6,8,11,14-15H,7,9-10,12-13H2,1-3H3,(H,21,25)/t14-,15+/m1/s1. The maximum atomic E-state index is 12.7. The molecule has 0 aromatic carbocycles. The van der Waals surface area contributed by atoms with E-state index >= 15 is 0 Å². The number of amides is 2. The van der Waals surface area contributed by atoms with Gasteiger partial charge in [0.15, 0.2) is 0 Å². The number of aromatic nitrogens is 3. The zero-order valence-corrected chi connectivity index (χ0v) is 15.3. The van der Waals surface area contributed by atoms with Crippen LogP contribution in [0.1, 0.15) is 38.1 Å². The summed E-state index contributed by atoms with van der Waals surface area (Å²) >= 11 is 0. The number of nitrogens with one attached hydrogen (secondary N) is 1. The Morgan fingerprint density at radius 3 is 2.92 bits per heavy atom. The number of carbonyl (C=O) groups excluding carboxylic acids is 1. The van der Waals surface area contributed by atoms with Gasteiger partial charge in [-0.05, 0) is 43.7 Å². The van der Waals surface area contributed by atoms with Crippen LogP contribution < -0.4 is 5.32 Å². The zero-order valence-electron chi connectivity index (χ0n) is 15.3. The molecule has 3 heterocycles. The summed E-state index contributed by atoms with van der Waals surface area (Å²) in [5, 5.41) is 7.54. The minimum Gasteiger partial charge on any atom is -0.324 e. The lowest BCUT2D eigenvalue weighted by molar-refractivity contribution is 0.207. The second-order valence-electron chi connectivity index (χ2n) is 7.26. The van der Waals surface area contributed by atoms with Gasteiger partial charge in [-0.2, -0.15) is 5.10 Å². The molecule has 0 radical (unpaired) electrons. The van der Waals surface area contributed by atoms with Gasteiger partial charge in [0.05, 0.1) is 17.9 Å². The second-order valence-corrected chi connectivity index (χ2v) is 7.26. The Balaban J connectivity index is 1.71. The van der Waals surface area contributed by atoms with Gasteiger partial charge >= 0.3 is 6.03 Å². The van der Waals surface area contributed by atoms with Crippen LogP contribution in [0.4, 0.5) is 10.6 Å². The largest absolute Gasteiger partial charge is 0.324 e. The van der Waals surface area contributed by atoms with Gasteiger partial charge in [0, 0.05) is 25.4 Å². The third-order valence-electron chi connectivity index (χ3n) is 4.69. The van der Waals surface area contributed by atoms with E-state index in [2.05, 4.69) is 29.2 Å². The summed E-state index contributed by atoms with van der Waals surface area (Å²) < 4.78 is 1.81. The van der Waals surface area contributed by atoms with Crippen molar-refractivity contribution in [1.82, 2.24) is 19.7 Å². The van der Waals surface area contributed by atoms with Gasteiger partial charge in [0.25, 0.3) is 0 Å². The van der Waals surface area contributed by atoms with Gasteiger partial charge in [-0.3, -0.25) is 10.3 Å². The molecule has 25 heavy (non-hydrogen) atoms. The van der Waals surface area contributed by atoms with E-state index in [4.69, 9.17) is 0 Å². The number of hydrogen-bond acceptors (Lipinski definition) is 3. The van der Waals surface area contributed by atoms with Crippen molar-refractivity contribution in [2.75, 3.05) is 18.4 Å². The van der Waals surface area contributed by atoms with Crippen LogP contribution in [0, 0.1) is 18.8 Å². The van der Waals surface area contributed by atoms with Gasteiger partial charge in [-0.15, -0.1) is 0 Å². The summed E-state index contributed by atoms with van der Waals surface area (Å²) in [6.45, 7) is 8.58. The highest BCUT2D eigenvalue weighted by Gasteiger charge is 2.23. The fourth-order valence-corrected chi connectivity index (χ4v) is 3.51. The molecule has 6 heteroatoms. The number of urea groups is 1. The molecule has 134 valence electrons. The summed E-state index contributed by atoms with van der Waals surface area (Å²) in [6, 6.07) is 7.67. The van der Waals surface area contributed by atoms with E-state index in [9.17, 15) is 4.79 Å². The first kappa shape index (κ1) is 17.5. The maximum Gasteiger partial charge on any atom is 0.323 e. The van der Waals surface area contributed by atoms with E-state index in [-0.39, 0.29) is 6.03 Å². The maximum absolute atomic E-state index is 12.7. The van der Waals surface area contributed by atoms with Crippen LogP contribution in [0.2, 0.25) is 0 Å². The molecular weight excluding hydrogens is 314 g/mol. The van der Waals surface area contributed by atoms with Crippen LogP contribution in [0.25, 0.3) is 0 Å². The minimum absolute atomic E-state index is 0.0388. The van der Waals surface area contributed by atoms with Crippen molar-refractivity contribution in [1.29, 1.82) is 0 Å². The van der Waals surface area contributed by atoms with Crippen molar-refractivity contribution in [2.24, 2.45) is 11.8 Å². The molecule has 2 atom stereocenters. The first-order chi connectivity index (χ1) is 12.0. The Kier molecular flexibility index (Phi) is 5.36. The molecule has 1 aliphatic heterocycles. The smallest absolute Gasteiger partial charge is 0.323 e. The van der Waals surface area contributed by atoms with E-state index in [1.807, 2.05) is 36.1 Å². The Morgan fingerprint density at radius 1 is 1.32 bits per heavy atom. The lowest BCUT2D eigenvalue weighted by atomic mass is 9.97. The SMILES string of the molecule is Cc1cc(NC(=O)N2CC[C@@H](C)C[C@H](C)C2)n(Cc2ccccn2)n1. The first-order valence-electron chi connectivity index (χ1n) is 9.01. The topological polar surface area (TPSA) is 63.1 Å². The summed E-state index contributed by atoms with van der Waals surface area (Å²) in [6.07, 6.45) is 4.01. The van der Waals surface area contributed by atoms with E-state index < -0.39 is 0 Å². The molecule has 2 amide bonds. The Morgan fingerprint density at radius 2 is 2.16 bits per heavy atom. The molecule has 0 saturated carbocycles. The number of hydrogen-bond donors (Lipinski definition) is 1. The summed E-state index contributed by atoms with van der Waals surface area (Å²) in [7, 11) is 0. The molecule has 2 aromatic heterocycles. The van der Waals surface area contributed by atoms with Crippen LogP contribution in [-0.4, -0.2) is 38.8 Å². The first-order valence-corrected chi connectivity index (χ1v) is 9.01.